The highest BCUT2D eigenvalue weighted by Gasteiger charge is 2.30. The van der Waals surface area contributed by atoms with Gasteiger partial charge >= 0.3 is 0 Å². The zero-order valence-electron chi connectivity index (χ0n) is 8.74. The molecule has 0 aromatic carbocycles. The Kier molecular flexibility index (Phi) is 3.57. The lowest BCUT2D eigenvalue weighted by atomic mass is 10.1. The lowest BCUT2D eigenvalue weighted by Crippen LogP contribution is -2.17. The number of aromatic nitrogens is 1. The van der Waals surface area contributed by atoms with Crippen molar-refractivity contribution in [2.45, 2.75) is 12.3 Å². The molecule has 84 valence electrons. The molecule has 0 saturated heterocycles. The number of hydrogen-bond donors (Lipinski definition) is 1. The first-order valence-corrected chi connectivity index (χ1v) is 4.60. The molecule has 0 unspecified atom stereocenters. The second-order valence-electron chi connectivity index (χ2n) is 3.48. The molecule has 1 aromatic heterocycles. The Balaban J connectivity index is 2.88. The van der Waals surface area contributed by atoms with Gasteiger partial charge in [-0.05, 0) is 12.1 Å². The van der Waals surface area contributed by atoms with Crippen LogP contribution in [0.3, 0.4) is 0 Å². The van der Waals surface area contributed by atoms with Gasteiger partial charge in [0.05, 0.1) is 0 Å². The number of pyridine rings is 1. The zero-order chi connectivity index (χ0) is 11.5. The van der Waals surface area contributed by atoms with Crippen molar-refractivity contribution >= 4 is 5.82 Å². The van der Waals surface area contributed by atoms with Crippen LogP contribution >= 0.6 is 0 Å². The number of halogens is 2. The fraction of sp³-hybridized carbons (Fsp3) is 0.500. The zero-order valence-corrected chi connectivity index (χ0v) is 8.74. The molecule has 15 heavy (non-hydrogen) atoms. The number of alkyl halides is 2. The Morgan fingerprint density at radius 3 is 2.47 bits per heavy atom. The van der Waals surface area contributed by atoms with E-state index in [-0.39, 0.29) is 5.56 Å². The Morgan fingerprint density at radius 1 is 1.40 bits per heavy atom. The molecule has 0 aliphatic heterocycles. The minimum absolute atomic E-state index is 0.165. The Hall–Kier alpha value is -1.23. The summed E-state index contributed by atoms with van der Waals surface area (Å²) < 4.78 is 26.6. The van der Waals surface area contributed by atoms with Crippen molar-refractivity contribution in [2.24, 2.45) is 0 Å². The summed E-state index contributed by atoms with van der Waals surface area (Å²) in [6.07, 6.45) is 0.570. The van der Waals surface area contributed by atoms with Crippen LogP contribution in [0.15, 0.2) is 18.3 Å². The van der Waals surface area contributed by atoms with Crippen molar-refractivity contribution in [2.75, 3.05) is 25.6 Å². The standard InChI is InChI=1S/C10H14F2N2O/c1-14(2)9-4-3-8(7-13-9)10(11,12)5-6-15/h3-4,7,15H,5-6H2,1-2H3. The van der Waals surface area contributed by atoms with Gasteiger partial charge in [-0.2, -0.15) is 0 Å². The summed E-state index contributed by atoms with van der Waals surface area (Å²) in [6, 6.07) is 2.86. The fourth-order valence-corrected chi connectivity index (χ4v) is 1.15. The molecule has 0 fully saturated rings. The normalized spacial score (nSPS) is 11.5. The van der Waals surface area contributed by atoms with Crippen LogP contribution in [0, 0.1) is 0 Å². The highest BCUT2D eigenvalue weighted by molar-refractivity contribution is 5.37. The molecule has 1 rings (SSSR count). The Bertz CT molecular complexity index is 312. The number of hydrogen-bond acceptors (Lipinski definition) is 3. The largest absolute Gasteiger partial charge is 0.396 e. The summed E-state index contributed by atoms with van der Waals surface area (Å²) in [4.78, 5) is 5.62. The average molecular weight is 216 g/mol. The van der Waals surface area contributed by atoms with Gasteiger partial charge in [0.15, 0.2) is 0 Å². The highest BCUT2D eigenvalue weighted by Crippen LogP contribution is 2.31. The van der Waals surface area contributed by atoms with E-state index in [1.54, 1.807) is 19.0 Å². The van der Waals surface area contributed by atoms with Crippen LogP contribution in [0.5, 0.6) is 0 Å². The molecule has 0 amide bonds. The van der Waals surface area contributed by atoms with Crippen LogP contribution in [-0.4, -0.2) is 30.8 Å². The van der Waals surface area contributed by atoms with Crippen molar-refractivity contribution in [1.82, 2.24) is 4.98 Å². The third kappa shape index (κ3) is 2.86. The summed E-state index contributed by atoms with van der Waals surface area (Å²) >= 11 is 0. The van der Waals surface area contributed by atoms with Gasteiger partial charge in [-0.1, -0.05) is 0 Å². The maximum absolute atomic E-state index is 13.3. The first-order valence-electron chi connectivity index (χ1n) is 4.60. The second-order valence-corrected chi connectivity index (χ2v) is 3.48. The van der Waals surface area contributed by atoms with Crippen LogP contribution in [0.4, 0.5) is 14.6 Å². The summed E-state index contributed by atoms with van der Waals surface area (Å²) in [7, 11) is 3.57. The van der Waals surface area contributed by atoms with E-state index in [0.29, 0.717) is 5.82 Å². The average Bonchev–Trinajstić information content (AvgIpc) is 2.18. The molecule has 1 N–H and O–H groups in total. The van der Waals surface area contributed by atoms with Gasteiger partial charge in [0.2, 0.25) is 0 Å². The Morgan fingerprint density at radius 2 is 2.07 bits per heavy atom. The number of rotatable bonds is 4. The van der Waals surface area contributed by atoms with Crippen LogP contribution in [0.25, 0.3) is 0 Å². The van der Waals surface area contributed by atoms with Gasteiger partial charge in [-0.15, -0.1) is 0 Å². The molecule has 0 atom stereocenters. The number of aliphatic hydroxyl groups excluding tert-OH is 1. The van der Waals surface area contributed by atoms with E-state index in [0.717, 1.165) is 6.20 Å². The monoisotopic (exact) mass is 216 g/mol. The minimum atomic E-state index is -3.01. The molecular weight excluding hydrogens is 202 g/mol. The first kappa shape index (κ1) is 11.8. The van der Waals surface area contributed by atoms with Crippen LogP contribution in [-0.2, 0) is 5.92 Å². The minimum Gasteiger partial charge on any atom is -0.396 e. The third-order valence-electron chi connectivity index (χ3n) is 2.05. The molecule has 1 heterocycles. The first-order chi connectivity index (χ1) is 6.97. The topological polar surface area (TPSA) is 36.4 Å². The van der Waals surface area contributed by atoms with Crippen LogP contribution < -0.4 is 4.90 Å². The fourth-order valence-electron chi connectivity index (χ4n) is 1.15. The van der Waals surface area contributed by atoms with Gasteiger partial charge in [-0.3, -0.25) is 0 Å². The van der Waals surface area contributed by atoms with Gasteiger partial charge in [-0.25, -0.2) is 13.8 Å². The molecular formula is C10H14F2N2O. The molecule has 3 nitrogen and oxygen atoms in total. The molecule has 0 bridgehead atoms. The second kappa shape index (κ2) is 4.53. The quantitative estimate of drug-likeness (QED) is 0.830. The van der Waals surface area contributed by atoms with E-state index < -0.39 is 19.0 Å². The van der Waals surface area contributed by atoms with Crippen molar-refractivity contribution in [3.8, 4) is 0 Å². The van der Waals surface area contributed by atoms with E-state index in [1.165, 1.54) is 12.1 Å². The van der Waals surface area contributed by atoms with E-state index in [2.05, 4.69) is 4.98 Å². The van der Waals surface area contributed by atoms with Crippen LogP contribution in [0.1, 0.15) is 12.0 Å². The number of anilines is 1. The summed E-state index contributed by atoms with van der Waals surface area (Å²) in [5, 5.41) is 8.50. The van der Waals surface area contributed by atoms with Gasteiger partial charge in [0.1, 0.15) is 5.82 Å². The van der Waals surface area contributed by atoms with Crippen molar-refractivity contribution < 1.29 is 13.9 Å². The van der Waals surface area contributed by atoms with Crippen molar-refractivity contribution in [3.05, 3.63) is 23.9 Å². The van der Waals surface area contributed by atoms with Gasteiger partial charge in [0.25, 0.3) is 5.92 Å². The molecule has 0 aliphatic carbocycles. The lowest BCUT2D eigenvalue weighted by Gasteiger charge is -2.16. The predicted molar refractivity (Wildman–Crippen MR) is 54.2 cm³/mol. The molecule has 0 spiro atoms. The maximum atomic E-state index is 13.3. The smallest absolute Gasteiger partial charge is 0.276 e. The van der Waals surface area contributed by atoms with Gasteiger partial charge in [0, 0.05) is 38.9 Å². The highest BCUT2D eigenvalue weighted by atomic mass is 19.3. The summed E-state index contributed by atoms with van der Waals surface area (Å²) in [6.45, 7) is -0.539. The van der Waals surface area contributed by atoms with Crippen molar-refractivity contribution in [1.29, 1.82) is 0 Å². The molecule has 0 aliphatic rings. The lowest BCUT2D eigenvalue weighted by molar-refractivity contribution is -0.0272. The Labute approximate surface area is 87.4 Å². The van der Waals surface area contributed by atoms with Crippen LogP contribution in [0.2, 0.25) is 0 Å². The van der Waals surface area contributed by atoms with E-state index in [4.69, 9.17) is 5.11 Å². The van der Waals surface area contributed by atoms with Gasteiger partial charge < -0.3 is 10.0 Å². The maximum Gasteiger partial charge on any atom is 0.276 e. The molecule has 5 heteroatoms. The van der Waals surface area contributed by atoms with E-state index >= 15 is 0 Å². The molecule has 1 aromatic rings. The predicted octanol–water partition coefficient (Wildman–Crippen LogP) is 1.62. The third-order valence-corrected chi connectivity index (χ3v) is 2.05. The van der Waals surface area contributed by atoms with Crippen molar-refractivity contribution in [3.63, 3.8) is 0 Å². The number of aliphatic hydroxyl groups is 1. The summed E-state index contributed by atoms with van der Waals surface area (Å²) in [5.41, 5.74) is -0.165. The summed E-state index contributed by atoms with van der Waals surface area (Å²) in [5.74, 6) is -2.38. The SMILES string of the molecule is CN(C)c1ccc(C(F)(F)CCO)cn1. The molecule has 0 saturated carbocycles. The number of nitrogens with zero attached hydrogens (tertiary/aromatic N) is 2. The van der Waals surface area contributed by atoms with E-state index in [1.807, 2.05) is 0 Å². The van der Waals surface area contributed by atoms with E-state index in [9.17, 15) is 8.78 Å². The molecule has 0 radical (unpaired) electrons.